The number of barbiturate groups is 1. The molecule has 0 radical (unpaired) electrons. The molecule has 1 aliphatic heterocycles. The number of amides is 4. The van der Waals surface area contributed by atoms with Crippen LogP contribution in [0.2, 0.25) is 0 Å². The lowest BCUT2D eigenvalue weighted by Gasteiger charge is -2.30. The zero-order valence-electron chi connectivity index (χ0n) is 17.0. The van der Waals surface area contributed by atoms with Crippen molar-refractivity contribution in [3.8, 4) is 5.69 Å². The van der Waals surface area contributed by atoms with Crippen molar-refractivity contribution >= 4 is 23.5 Å². The Bertz CT molecular complexity index is 1110. The molecule has 2 aromatic rings. The number of allylic oxidation sites excluding steroid dienone is 1. The van der Waals surface area contributed by atoms with E-state index >= 15 is 0 Å². The maximum atomic E-state index is 13.1. The molecule has 0 spiro atoms. The molecule has 1 saturated heterocycles. The van der Waals surface area contributed by atoms with Crippen LogP contribution in [-0.2, 0) is 16.6 Å². The van der Waals surface area contributed by atoms with Gasteiger partial charge in [0.25, 0.3) is 5.56 Å². The van der Waals surface area contributed by atoms with Crippen molar-refractivity contribution < 1.29 is 14.4 Å². The van der Waals surface area contributed by atoms with Gasteiger partial charge in [0.15, 0.2) is 5.92 Å². The molecule has 0 bridgehead atoms. The highest BCUT2D eigenvalue weighted by atomic mass is 16.2. The quantitative estimate of drug-likeness (QED) is 0.558. The molecule has 0 saturated carbocycles. The Morgan fingerprint density at radius 2 is 1.87 bits per heavy atom. The van der Waals surface area contributed by atoms with E-state index in [-0.39, 0.29) is 23.5 Å². The second kappa shape index (κ2) is 8.24. The molecule has 4 amide bonds. The van der Waals surface area contributed by atoms with Crippen LogP contribution in [0.1, 0.15) is 12.6 Å². The number of hydrogen-bond acceptors (Lipinski definition) is 5. The van der Waals surface area contributed by atoms with Gasteiger partial charge in [-0.05, 0) is 26.0 Å². The molecule has 1 aromatic carbocycles. The number of benzene rings is 1. The molecule has 0 aliphatic carbocycles. The molecule has 2 heterocycles. The van der Waals surface area contributed by atoms with Crippen LogP contribution >= 0.6 is 0 Å². The first-order valence-corrected chi connectivity index (χ1v) is 9.36. The summed E-state index contributed by atoms with van der Waals surface area (Å²) in [5.41, 5.74) is 1.42. The monoisotopic (exact) mass is 409 g/mol. The largest absolute Gasteiger partial charge is 0.352 e. The summed E-state index contributed by atoms with van der Waals surface area (Å²) in [7, 11) is 1.74. The number of carbonyl (C=O) groups excluding carboxylic acids is 3. The molecule has 1 aromatic heterocycles. The summed E-state index contributed by atoms with van der Waals surface area (Å²) >= 11 is 0. The lowest BCUT2D eigenvalue weighted by atomic mass is 9.99. The minimum Gasteiger partial charge on any atom is -0.352 e. The summed E-state index contributed by atoms with van der Waals surface area (Å²) in [6, 6.07) is 8.32. The molecule has 9 heteroatoms. The van der Waals surface area contributed by atoms with Crippen LogP contribution in [0.5, 0.6) is 0 Å². The van der Waals surface area contributed by atoms with Crippen molar-refractivity contribution in [2.45, 2.75) is 13.8 Å². The van der Waals surface area contributed by atoms with Crippen molar-refractivity contribution in [1.82, 2.24) is 19.6 Å². The number of carbonyl (C=O) groups is 3. The van der Waals surface area contributed by atoms with Gasteiger partial charge >= 0.3 is 6.03 Å². The van der Waals surface area contributed by atoms with E-state index in [0.717, 1.165) is 4.90 Å². The second-order valence-electron chi connectivity index (χ2n) is 6.77. The van der Waals surface area contributed by atoms with Crippen LogP contribution in [0.3, 0.4) is 0 Å². The highest BCUT2D eigenvalue weighted by Gasteiger charge is 2.42. The Balaban J connectivity index is 2.00. The Hall–Kier alpha value is -3.88. The lowest BCUT2D eigenvalue weighted by molar-refractivity contribution is -0.140. The van der Waals surface area contributed by atoms with Gasteiger partial charge in [0.2, 0.25) is 11.8 Å². The third kappa shape index (κ3) is 3.45. The van der Waals surface area contributed by atoms with Crippen molar-refractivity contribution in [3.05, 3.63) is 70.8 Å². The van der Waals surface area contributed by atoms with Crippen LogP contribution in [0, 0.1) is 12.8 Å². The number of imide groups is 2. The first-order valence-electron chi connectivity index (χ1n) is 9.36. The summed E-state index contributed by atoms with van der Waals surface area (Å²) in [5, 5.41) is 5.14. The fraction of sp³-hybridized carbons (Fsp3) is 0.238. The lowest BCUT2D eigenvalue weighted by Crippen LogP contribution is -2.58. The van der Waals surface area contributed by atoms with Crippen LogP contribution in [-0.4, -0.2) is 38.7 Å². The summed E-state index contributed by atoms with van der Waals surface area (Å²) in [4.78, 5) is 51.2. The van der Waals surface area contributed by atoms with E-state index < -0.39 is 23.8 Å². The van der Waals surface area contributed by atoms with E-state index in [1.165, 1.54) is 10.8 Å². The standard InChI is InChI=1S/C21H23N5O4/c1-5-12-25-19(28)16(18(27)23-21(25)30)15(6-2)22-17-13(3)24(4)26(20(17)29)14-10-8-7-9-11-14/h5-11,16,22H,1,12H2,2-4H3,(H,23,27,30)/b15-6-/t16-/m1/s1. The predicted molar refractivity (Wildman–Crippen MR) is 112 cm³/mol. The van der Waals surface area contributed by atoms with Crippen molar-refractivity contribution in [2.24, 2.45) is 13.0 Å². The minimum atomic E-state index is -1.28. The number of rotatable bonds is 6. The number of hydrogen-bond donors (Lipinski definition) is 2. The summed E-state index contributed by atoms with van der Waals surface area (Å²) < 4.78 is 3.17. The summed E-state index contributed by atoms with van der Waals surface area (Å²) in [6.45, 7) is 6.90. The van der Waals surface area contributed by atoms with Crippen molar-refractivity contribution in [2.75, 3.05) is 11.9 Å². The van der Waals surface area contributed by atoms with Gasteiger partial charge in [-0.1, -0.05) is 30.4 Å². The van der Waals surface area contributed by atoms with E-state index in [0.29, 0.717) is 11.4 Å². The van der Waals surface area contributed by atoms with E-state index in [1.54, 1.807) is 43.8 Å². The Morgan fingerprint density at radius 1 is 1.20 bits per heavy atom. The van der Waals surface area contributed by atoms with Crippen LogP contribution in [0.15, 0.2) is 59.6 Å². The Kier molecular flexibility index (Phi) is 5.72. The van der Waals surface area contributed by atoms with E-state index in [2.05, 4.69) is 17.2 Å². The number of aromatic nitrogens is 2. The smallest absolute Gasteiger partial charge is 0.331 e. The molecular weight excluding hydrogens is 386 g/mol. The maximum absolute atomic E-state index is 13.1. The van der Waals surface area contributed by atoms with Crippen LogP contribution in [0.4, 0.5) is 10.5 Å². The molecule has 0 unspecified atom stereocenters. The molecule has 2 N–H and O–H groups in total. The summed E-state index contributed by atoms with van der Waals surface area (Å²) in [5.74, 6) is -2.71. The van der Waals surface area contributed by atoms with Gasteiger partial charge in [0.05, 0.1) is 11.4 Å². The molecule has 1 aliphatic rings. The zero-order chi connectivity index (χ0) is 22.0. The minimum absolute atomic E-state index is 0.0311. The number of nitrogens with zero attached hydrogens (tertiary/aromatic N) is 3. The van der Waals surface area contributed by atoms with Gasteiger partial charge in [-0.2, -0.15) is 0 Å². The van der Waals surface area contributed by atoms with Crippen molar-refractivity contribution in [3.63, 3.8) is 0 Å². The van der Waals surface area contributed by atoms with Gasteiger partial charge in [0, 0.05) is 19.3 Å². The van der Waals surface area contributed by atoms with E-state index in [1.807, 2.05) is 18.2 Å². The van der Waals surface area contributed by atoms with Gasteiger partial charge in [-0.25, -0.2) is 9.48 Å². The number of nitrogens with one attached hydrogen (secondary N) is 2. The molecule has 9 nitrogen and oxygen atoms in total. The zero-order valence-corrected chi connectivity index (χ0v) is 17.0. The fourth-order valence-electron chi connectivity index (χ4n) is 3.36. The maximum Gasteiger partial charge on any atom is 0.331 e. The van der Waals surface area contributed by atoms with Gasteiger partial charge in [-0.3, -0.25) is 29.3 Å². The average molecular weight is 409 g/mol. The van der Waals surface area contributed by atoms with Crippen LogP contribution in [0.25, 0.3) is 5.69 Å². The van der Waals surface area contributed by atoms with Crippen LogP contribution < -0.4 is 16.2 Å². The van der Waals surface area contributed by atoms with Gasteiger partial charge in [-0.15, -0.1) is 6.58 Å². The molecule has 156 valence electrons. The highest BCUT2D eigenvalue weighted by Crippen LogP contribution is 2.23. The third-order valence-corrected chi connectivity index (χ3v) is 5.01. The number of anilines is 1. The SMILES string of the molecule is C=CCN1C(=O)NC(=O)[C@@H](/C(=C/C)Nc2c(C)n(C)n(-c3ccccc3)c2=O)C1=O. The van der Waals surface area contributed by atoms with Gasteiger partial charge in [0.1, 0.15) is 5.69 Å². The average Bonchev–Trinajstić information content (AvgIpc) is 2.93. The third-order valence-electron chi connectivity index (χ3n) is 5.01. The van der Waals surface area contributed by atoms with E-state index in [9.17, 15) is 19.2 Å². The van der Waals surface area contributed by atoms with E-state index in [4.69, 9.17) is 0 Å². The Morgan fingerprint density at radius 3 is 2.47 bits per heavy atom. The molecule has 30 heavy (non-hydrogen) atoms. The summed E-state index contributed by atoms with van der Waals surface area (Å²) in [6.07, 6.45) is 2.94. The second-order valence-corrected chi connectivity index (χ2v) is 6.77. The van der Waals surface area contributed by atoms with Gasteiger partial charge < -0.3 is 5.32 Å². The molecule has 1 fully saturated rings. The topological polar surface area (TPSA) is 105 Å². The fourth-order valence-corrected chi connectivity index (χ4v) is 3.36. The number of urea groups is 1. The first kappa shape index (κ1) is 20.8. The first-order chi connectivity index (χ1) is 14.3. The molecule has 1 atom stereocenters. The molecule has 3 rings (SSSR count). The molecular formula is C21H23N5O4. The Labute approximate surface area is 173 Å². The van der Waals surface area contributed by atoms with Crippen molar-refractivity contribution in [1.29, 1.82) is 0 Å². The highest BCUT2D eigenvalue weighted by molar-refractivity contribution is 6.18. The predicted octanol–water partition coefficient (Wildman–Crippen LogP) is 1.68. The number of para-hydroxylation sites is 1. The normalized spacial score (nSPS) is 17.2.